The number of hydrogen-bond acceptors (Lipinski definition) is 3. The van der Waals surface area contributed by atoms with E-state index < -0.39 is 38.6 Å². The number of hydrogen-bond donors (Lipinski definition) is 2. The first kappa shape index (κ1) is 20.9. The summed E-state index contributed by atoms with van der Waals surface area (Å²) in [5.41, 5.74) is 0.980. The van der Waals surface area contributed by atoms with Crippen LogP contribution in [-0.2, 0) is 21.0 Å². The van der Waals surface area contributed by atoms with E-state index in [1.807, 2.05) is 24.6 Å². The third kappa shape index (κ3) is 5.30. The van der Waals surface area contributed by atoms with Crippen LogP contribution in [0.15, 0.2) is 47.4 Å². The van der Waals surface area contributed by atoms with E-state index in [0.29, 0.717) is 11.8 Å². The predicted octanol–water partition coefficient (Wildman–Crippen LogP) is 3.63. The second-order valence-electron chi connectivity index (χ2n) is 6.20. The molecule has 1 amide bonds. The topological polar surface area (TPSA) is 75.3 Å². The van der Waals surface area contributed by atoms with Gasteiger partial charge in [0.2, 0.25) is 15.9 Å². The predicted molar refractivity (Wildman–Crippen MR) is 95.8 cm³/mol. The number of aryl methyl sites for hydroxylation is 2. The summed E-state index contributed by atoms with van der Waals surface area (Å²) in [6.07, 6.45) is -4.84. The summed E-state index contributed by atoms with van der Waals surface area (Å²) in [6.45, 7) is 4.93. The molecule has 2 rings (SSSR count). The second kappa shape index (κ2) is 7.69. The molecule has 27 heavy (non-hydrogen) atoms. The fraction of sp³-hybridized carbons (Fsp3) is 0.278. The summed E-state index contributed by atoms with van der Waals surface area (Å²) < 4.78 is 66.0. The first-order valence-corrected chi connectivity index (χ1v) is 9.46. The summed E-state index contributed by atoms with van der Waals surface area (Å²) in [5, 5.41) is 2.55. The summed E-state index contributed by atoms with van der Waals surface area (Å²) in [4.78, 5) is 11.3. The van der Waals surface area contributed by atoms with Gasteiger partial charge in [0.05, 0.1) is 16.5 Å². The van der Waals surface area contributed by atoms with Crippen LogP contribution in [0.5, 0.6) is 0 Å². The minimum Gasteiger partial charge on any atom is -0.325 e. The van der Waals surface area contributed by atoms with E-state index >= 15 is 0 Å². The van der Waals surface area contributed by atoms with E-state index in [0.717, 1.165) is 23.3 Å². The normalized spacial score (nSPS) is 13.3. The number of benzene rings is 2. The minimum atomic E-state index is -4.84. The zero-order valence-corrected chi connectivity index (χ0v) is 15.7. The van der Waals surface area contributed by atoms with Gasteiger partial charge in [-0.05, 0) is 56.2 Å². The second-order valence-corrected chi connectivity index (χ2v) is 7.88. The van der Waals surface area contributed by atoms with Crippen LogP contribution < -0.4 is 10.0 Å². The number of carbonyl (C=O) groups excluding carboxylic acids is 1. The van der Waals surface area contributed by atoms with Crippen molar-refractivity contribution in [2.75, 3.05) is 5.32 Å². The zero-order chi connectivity index (χ0) is 20.4. The number of alkyl halides is 3. The van der Waals surface area contributed by atoms with Crippen molar-refractivity contribution in [3.63, 3.8) is 0 Å². The van der Waals surface area contributed by atoms with Crippen molar-refractivity contribution in [1.82, 2.24) is 4.72 Å². The Morgan fingerprint density at radius 1 is 1.04 bits per heavy atom. The Kier molecular flexibility index (Phi) is 5.96. The van der Waals surface area contributed by atoms with Crippen molar-refractivity contribution in [2.24, 2.45) is 0 Å². The highest BCUT2D eigenvalue weighted by atomic mass is 32.2. The molecule has 0 radical (unpaired) electrons. The Morgan fingerprint density at radius 2 is 1.59 bits per heavy atom. The molecule has 0 aliphatic heterocycles. The third-order valence-electron chi connectivity index (χ3n) is 3.70. The SMILES string of the molecule is Cc1cc(C)cc(NC(=O)[C@H](C)NS(=O)(=O)c2ccccc2C(F)(F)F)c1. The fourth-order valence-corrected chi connectivity index (χ4v) is 4.01. The van der Waals surface area contributed by atoms with Crippen LogP contribution in [0.3, 0.4) is 0 Å². The molecule has 2 aromatic carbocycles. The molecule has 2 N–H and O–H groups in total. The lowest BCUT2D eigenvalue weighted by molar-refractivity contribution is -0.139. The molecule has 0 spiro atoms. The van der Waals surface area contributed by atoms with Crippen molar-refractivity contribution in [1.29, 1.82) is 0 Å². The molecule has 0 saturated carbocycles. The quantitative estimate of drug-likeness (QED) is 0.805. The smallest absolute Gasteiger partial charge is 0.325 e. The maximum absolute atomic E-state index is 13.1. The highest BCUT2D eigenvalue weighted by Gasteiger charge is 2.37. The van der Waals surface area contributed by atoms with Gasteiger partial charge in [-0.25, -0.2) is 8.42 Å². The van der Waals surface area contributed by atoms with Gasteiger partial charge < -0.3 is 5.32 Å². The molecule has 0 heterocycles. The van der Waals surface area contributed by atoms with Crippen molar-refractivity contribution < 1.29 is 26.4 Å². The highest BCUT2D eigenvalue weighted by molar-refractivity contribution is 7.89. The fourth-order valence-electron chi connectivity index (χ4n) is 2.58. The number of anilines is 1. The molecular weight excluding hydrogens is 381 g/mol. The molecule has 0 aliphatic rings. The van der Waals surface area contributed by atoms with Crippen molar-refractivity contribution in [2.45, 2.75) is 37.9 Å². The van der Waals surface area contributed by atoms with E-state index in [2.05, 4.69) is 5.32 Å². The van der Waals surface area contributed by atoms with Crippen molar-refractivity contribution >= 4 is 21.6 Å². The standard InChI is InChI=1S/C18H19F3N2O3S/c1-11-8-12(2)10-14(9-11)22-17(24)13(3)23-27(25,26)16-7-5-4-6-15(16)18(19,20)21/h4-10,13,23H,1-3H3,(H,22,24)/t13-/m0/s1. The summed E-state index contributed by atoms with van der Waals surface area (Å²) in [5.74, 6) is -0.687. The summed E-state index contributed by atoms with van der Waals surface area (Å²) in [7, 11) is -4.56. The molecule has 0 aromatic heterocycles. The Hall–Kier alpha value is -2.39. The number of nitrogens with one attached hydrogen (secondary N) is 2. The lowest BCUT2D eigenvalue weighted by atomic mass is 10.1. The number of rotatable bonds is 5. The average Bonchev–Trinajstić information content (AvgIpc) is 2.52. The summed E-state index contributed by atoms with van der Waals surface area (Å²) in [6, 6.07) is 7.82. The highest BCUT2D eigenvalue weighted by Crippen LogP contribution is 2.33. The number of amides is 1. The molecular formula is C18H19F3N2O3S. The van der Waals surface area contributed by atoms with E-state index in [9.17, 15) is 26.4 Å². The van der Waals surface area contributed by atoms with Crippen LogP contribution in [-0.4, -0.2) is 20.4 Å². The van der Waals surface area contributed by atoms with Crippen LogP contribution in [0.2, 0.25) is 0 Å². The van der Waals surface area contributed by atoms with E-state index in [1.165, 1.54) is 13.0 Å². The minimum absolute atomic E-state index is 0.472. The molecule has 0 fully saturated rings. The van der Waals surface area contributed by atoms with Crippen molar-refractivity contribution in [3.05, 3.63) is 59.2 Å². The van der Waals surface area contributed by atoms with Crippen LogP contribution in [0.25, 0.3) is 0 Å². The van der Waals surface area contributed by atoms with Gasteiger partial charge in [0.1, 0.15) is 0 Å². The largest absolute Gasteiger partial charge is 0.417 e. The van der Waals surface area contributed by atoms with Crippen LogP contribution in [0, 0.1) is 13.8 Å². The Labute approximate surface area is 155 Å². The van der Waals surface area contributed by atoms with Gasteiger partial charge in [-0.1, -0.05) is 18.2 Å². The Morgan fingerprint density at radius 3 is 2.15 bits per heavy atom. The van der Waals surface area contributed by atoms with Gasteiger partial charge in [-0.2, -0.15) is 17.9 Å². The first-order valence-electron chi connectivity index (χ1n) is 7.98. The molecule has 0 bridgehead atoms. The number of halogens is 3. The van der Waals surface area contributed by atoms with E-state index in [-0.39, 0.29) is 0 Å². The van der Waals surface area contributed by atoms with Crippen LogP contribution in [0.1, 0.15) is 23.6 Å². The third-order valence-corrected chi connectivity index (χ3v) is 5.30. The van der Waals surface area contributed by atoms with E-state index in [1.54, 1.807) is 12.1 Å². The monoisotopic (exact) mass is 400 g/mol. The first-order chi connectivity index (χ1) is 12.4. The Bertz CT molecular complexity index is 936. The average molecular weight is 400 g/mol. The molecule has 5 nitrogen and oxygen atoms in total. The lowest BCUT2D eigenvalue weighted by Gasteiger charge is -2.17. The van der Waals surface area contributed by atoms with Gasteiger partial charge in [0.15, 0.2) is 0 Å². The number of carbonyl (C=O) groups is 1. The molecule has 1 atom stereocenters. The molecule has 146 valence electrons. The lowest BCUT2D eigenvalue weighted by Crippen LogP contribution is -2.42. The zero-order valence-electron chi connectivity index (χ0n) is 14.9. The molecule has 0 aliphatic carbocycles. The Balaban J connectivity index is 2.21. The van der Waals surface area contributed by atoms with E-state index in [4.69, 9.17) is 0 Å². The molecule has 0 unspecified atom stereocenters. The number of sulfonamides is 1. The van der Waals surface area contributed by atoms with Gasteiger partial charge in [-0.15, -0.1) is 0 Å². The molecule has 2 aromatic rings. The maximum Gasteiger partial charge on any atom is 0.417 e. The van der Waals surface area contributed by atoms with Gasteiger partial charge in [0.25, 0.3) is 0 Å². The van der Waals surface area contributed by atoms with Crippen molar-refractivity contribution in [3.8, 4) is 0 Å². The van der Waals surface area contributed by atoms with Crippen LogP contribution >= 0.6 is 0 Å². The van der Waals surface area contributed by atoms with Gasteiger partial charge in [-0.3, -0.25) is 4.79 Å². The van der Waals surface area contributed by atoms with Gasteiger partial charge in [0, 0.05) is 5.69 Å². The molecule has 9 heteroatoms. The summed E-state index contributed by atoms with van der Waals surface area (Å²) >= 11 is 0. The molecule has 0 saturated heterocycles. The maximum atomic E-state index is 13.1. The van der Waals surface area contributed by atoms with Gasteiger partial charge >= 0.3 is 6.18 Å². The van der Waals surface area contributed by atoms with Crippen LogP contribution in [0.4, 0.5) is 18.9 Å².